The highest BCUT2D eigenvalue weighted by Crippen LogP contribution is 2.10. The molecule has 2 aromatic carbocycles. The van der Waals surface area contributed by atoms with E-state index in [4.69, 9.17) is 4.74 Å². The fraction of sp³-hybridized carbons (Fsp3) is 0.176. The predicted molar refractivity (Wildman–Crippen MR) is 85.0 cm³/mol. The van der Waals surface area contributed by atoms with Gasteiger partial charge in [-0.3, -0.25) is 9.59 Å². The molecule has 0 atom stereocenters. The van der Waals surface area contributed by atoms with Crippen molar-refractivity contribution in [3.63, 3.8) is 0 Å². The van der Waals surface area contributed by atoms with Crippen molar-refractivity contribution < 1.29 is 14.3 Å². The molecule has 0 heterocycles. The van der Waals surface area contributed by atoms with E-state index in [1.807, 2.05) is 30.3 Å². The number of hydrogen-bond acceptors (Lipinski definition) is 3. The topological polar surface area (TPSA) is 67.4 Å². The number of amides is 2. The van der Waals surface area contributed by atoms with E-state index in [0.29, 0.717) is 24.4 Å². The molecule has 5 heteroatoms. The van der Waals surface area contributed by atoms with Crippen LogP contribution in [0.3, 0.4) is 0 Å². The van der Waals surface area contributed by atoms with Crippen molar-refractivity contribution >= 4 is 17.5 Å². The third kappa shape index (κ3) is 4.94. The molecule has 0 aromatic heterocycles. The van der Waals surface area contributed by atoms with Gasteiger partial charge in [0.2, 0.25) is 5.91 Å². The Morgan fingerprint density at radius 2 is 1.68 bits per heavy atom. The van der Waals surface area contributed by atoms with Gasteiger partial charge in [-0.05, 0) is 36.4 Å². The quantitative estimate of drug-likeness (QED) is 0.805. The summed E-state index contributed by atoms with van der Waals surface area (Å²) in [4.78, 5) is 22.9. The normalized spacial score (nSPS) is 9.86. The summed E-state index contributed by atoms with van der Waals surface area (Å²) in [5, 5.41) is 5.43. The van der Waals surface area contributed by atoms with Crippen LogP contribution >= 0.6 is 0 Å². The van der Waals surface area contributed by atoms with Gasteiger partial charge in [-0.2, -0.15) is 0 Å². The zero-order valence-corrected chi connectivity index (χ0v) is 12.3. The minimum Gasteiger partial charge on any atom is -0.492 e. The van der Waals surface area contributed by atoms with Crippen molar-refractivity contribution in [1.82, 2.24) is 5.32 Å². The van der Waals surface area contributed by atoms with Crippen molar-refractivity contribution in [3.05, 3.63) is 60.2 Å². The molecular formula is C17H18N2O3. The molecular weight excluding hydrogens is 280 g/mol. The van der Waals surface area contributed by atoms with Crippen LogP contribution < -0.4 is 15.4 Å². The van der Waals surface area contributed by atoms with Crippen LogP contribution in [0.25, 0.3) is 0 Å². The third-order valence-electron chi connectivity index (χ3n) is 2.87. The Kier molecular flexibility index (Phi) is 5.54. The third-order valence-corrected chi connectivity index (χ3v) is 2.87. The molecule has 22 heavy (non-hydrogen) atoms. The fourth-order valence-electron chi connectivity index (χ4n) is 1.86. The maximum Gasteiger partial charge on any atom is 0.251 e. The van der Waals surface area contributed by atoms with E-state index in [1.54, 1.807) is 24.3 Å². The molecule has 5 nitrogen and oxygen atoms in total. The Balaban J connectivity index is 1.76. The molecule has 0 spiro atoms. The second kappa shape index (κ2) is 7.83. The minimum atomic E-state index is -0.175. The fourth-order valence-corrected chi connectivity index (χ4v) is 1.86. The zero-order chi connectivity index (χ0) is 15.8. The van der Waals surface area contributed by atoms with Crippen LogP contribution in [0, 0.1) is 0 Å². The summed E-state index contributed by atoms with van der Waals surface area (Å²) in [7, 11) is 0. The summed E-state index contributed by atoms with van der Waals surface area (Å²) >= 11 is 0. The molecule has 2 aromatic rings. The molecule has 114 valence electrons. The van der Waals surface area contributed by atoms with E-state index in [9.17, 15) is 9.59 Å². The van der Waals surface area contributed by atoms with Crippen molar-refractivity contribution in [3.8, 4) is 5.75 Å². The molecule has 2 rings (SSSR count). The van der Waals surface area contributed by atoms with Crippen LogP contribution in [-0.2, 0) is 4.79 Å². The van der Waals surface area contributed by atoms with Crippen LogP contribution in [0.5, 0.6) is 5.75 Å². The first kappa shape index (κ1) is 15.6. The first-order valence-electron chi connectivity index (χ1n) is 6.99. The van der Waals surface area contributed by atoms with Gasteiger partial charge in [-0.15, -0.1) is 0 Å². The zero-order valence-electron chi connectivity index (χ0n) is 12.3. The summed E-state index contributed by atoms with van der Waals surface area (Å²) in [5.74, 6) is 0.456. The van der Waals surface area contributed by atoms with Crippen molar-refractivity contribution in [2.24, 2.45) is 0 Å². The molecule has 2 amide bonds. The van der Waals surface area contributed by atoms with Gasteiger partial charge >= 0.3 is 0 Å². The predicted octanol–water partition coefficient (Wildman–Crippen LogP) is 2.45. The van der Waals surface area contributed by atoms with Crippen LogP contribution in [-0.4, -0.2) is 25.0 Å². The van der Waals surface area contributed by atoms with Crippen molar-refractivity contribution in [2.75, 3.05) is 18.5 Å². The molecule has 0 unspecified atom stereocenters. The Morgan fingerprint density at radius 1 is 1.00 bits per heavy atom. The highest BCUT2D eigenvalue weighted by atomic mass is 16.5. The first-order valence-corrected chi connectivity index (χ1v) is 6.99. The minimum absolute atomic E-state index is 0.143. The largest absolute Gasteiger partial charge is 0.492 e. The molecule has 0 saturated heterocycles. The van der Waals surface area contributed by atoms with E-state index in [0.717, 1.165) is 5.75 Å². The van der Waals surface area contributed by atoms with Gasteiger partial charge in [0.1, 0.15) is 12.4 Å². The molecule has 0 aliphatic heterocycles. The summed E-state index contributed by atoms with van der Waals surface area (Å²) in [6.45, 7) is 2.26. The Hall–Kier alpha value is -2.82. The molecule has 0 aliphatic rings. The van der Waals surface area contributed by atoms with Crippen molar-refractivity contribution in [2.45, 2.75) is 6.92 Å². The molecule has 0 aliphatic carbocycles. The maximum atomic E-state index is 11.9. The number of rotatable bonds is 6. The van der Waals surface area contributed by atoms with Gasteiger partial charge < -0.3 is 15.4 Å². The first-order chi connectivity index (χ1) is 10.6. The van der Waals surface area contributed by atoms with E-state index < -0.39 is 0 Å². The summed E-state index contributed by atoms with van der Waals surface area (Å²) in [6.07, 6.45) is 0. The lowest BCUT2D eigenvalue weighted by atomic mass is 10.2. The standard InChI is InChI=1S/C17H18N2O3/c1-13(20)19-15-9-7-14(8-10-15)17(21)18-11-12-22-16-5-3-2-4-6-16/h2-10H,11-12H2,1H3,(H,18,21)(H,19,20). The van der Waals surface area contributed by atoms with Crippen LogP contribution in [0.2, 0.25) is 0 Å². The molecule has 0 fully saturated rings. The average molecular weight is 298 g/mol. The lowest BCUT2D eigenvalue weighted by Gasteiger charge is -2.08. The van der Waals surface area contributed by atoms with Gasteiger partial charge in [0, 0.05) is 18.2 Å². The Bertz CT molecular complexity index is 624. The number of para-hydroxylation sites is 1. The number of hydrogen-bond donors (Lipinski definition) is 2. The van der Waals surface area contributed by atoms with Crippen LogP contribution in [0.4, 0.5) is 5.69 Å². The molecule has 0 saturated carbocycles. The van der Waals surface area contributed by atoms with Gasteiger partial charge in [0.05, 0.1) is 6.54 Å². The monoisotopic (exact) mass is 298 g/mol. The highest BCUT2D eigenvalue weighted by Gasteiger charge is 2.05. The van der Waals surface area contributed by atoms with Gasteiger partial charge in [0.15, 0.2) is 0 Å². The lowest BCUT2D eigenvalue weighted by molar-refractivity contribution is -0.114. The van der Waals surface area contributed by atoms with Gasteiger partial charge in [0.25, 0.3) is 5.91 Å². The maximum absolute atomic E-state index is 11.9. The number of carbonyl (C=O) groups excluding carboxylic acids is 2. The SMILES string of the molecule is CC(=O)Nc1ccc(C(=O)NCCOc2ccccc2)cc1. The van der Waals surface area contributed by atoms with E-state index in [1.165, 1.54) is 6.92 Å². The smallest absolute Gasteiger partial charge is 0.251 e. The Morgan fingerprint density at radius 3 is 2.32 bits per heavy atom. The van der Waals surface area contributed by atoms with Crippen LogP contribution in [0.1, 0.15) is 17.3 Å². The number of nitrogens with one attached hydrogen (secondary N) is 2. The van der Waals surface area contributed by atoms with Crippen LogP contribution in [0.15, 0.2) is 54.6 Å². The summed E-state index contributed by atoms with van der Waals surface area (Å²) < 4.78 is 5.49. The summed E-state index contributed by atoms with van der Waals surface area (Å²) in [6, 6.07) is 16.1. The van der Waals surface area contributed by atoms with E-state index in [-0.39, 0.29) is 11.8 Å². The average Bonchev–Trinajstić information content (AvgIpc) is 2.52. The number of anilines is 1. The molecule has 0 radical (unpaired) electrons. The molecule has 0 bridgehead atoms. The van der Waals surface area contributed by atoms with Gasteiger partial charge in [-0.1, -0.05) is 18.2 Å². The van der Waals surface area contributed by atoms with Crippen molar-refractivity contribution in [1.29, 1.82) is 0 Å². The van der Waals surface area contributed by atoms with Gasteiger partial charge in [-0.25, -0.2) is 0 Å². The molecule has 2 N–H and O–H groups in total. The second-order valence-electron chi connectivity index (χ2n) is 4.68. The van der Waals surface area contributed by atoms with E-state index >= 15 is 0 Å². The van der Waals surface area contributed by atoms with E-state index in [2.05, 4.69) is 10.6 Å². The Labute approximate surface area is 129 Å². The number of ether oxygens (including phenoxy) is 1. The second-order valence-corrected chi connectivity index (χ2v) is 4.68. The number of benzene rings is 2. The summed E-state index contributed by atoms with van der Waals surface area (Å²) in [5.41, 5.74) is 1.20. The highest BCUT2D eigenvalue weighted by molar-refractivity contribution is 5.95. The lowest BCUT2D eigenvalue weighted by Crippen LogP contribution is -2.28. The number of carbonyl (C=O) groups is 2.